The highest BCUT2D eigenvalue weighted by Crippen LogP contribution is 2.15. The van der Waals surface area contributed by atoms with Crippen molar-refractivity contribution in [3.63, 3.8) is 0 Å². The van der Waals surface area contributed by atoms with E-state index in [1.54, 1.807) is 12.1 Å². The second kappa shape index (κ2) is 7.24. The largest absolute Gasteiger partial charge is 0.333 e. The molecule has 0 aliphatic carbocycles. The third-order valence-electron chi connectivity index (χ3n) is 3.50. The molecule has 0 aromatic heterocycles. The number of sulfonamides is 1. The van der Waals surface area contributed by atoms with Crippen molar-refractivity contribution in [1.29, 1.82) is 0 Å². The highest BCUT2D eigenvalue weighted by molar-refractivity contribution is 7.89. The fourth-order valence-corrected chi connectivity index (χ4v) is 3.40. The molecule has 0 unspecified atom stereocenters. The van der Waals surface area contributed by atoms with Gasteiger partial charge in [0.2, 0.25) is 10.0 Å². The van der Waals surface area contributed by atoms with Crippen molar-refractivity contribution in [2.75, 3.05) is 20.6 Å². The van der Waals surface area contributed by atoms with Crippen molar-refractivity contribution in [3.8, 4) is 0 Å². The molecule has 22 heavy (non-hydrogen) atoms. The van der Waals surface area contributed by atoms with E-state index in [9.17, 15) is 8.42 Å². The molecule has 0 fully saturated rings. The van der Waals surface area contributed by atoms with Gasteiger partial charge in [-0.15, -0.1) is 0 Å². The summed E-state index contributed by atoms with van der Waals surface area (Å²) in [4.78, 5) is 1.38. The van der Waals surface area contributed by atoms with E-state index < -0.39 is 10.0 Å². The molecule has 0 amide bonds. The van der Waals surface area contributed by atoms with Crippen molar-refractivity contribution >= 4 is 21.6 Å². The predicted octanol–water partition coefficient (Wildman–Crippen LogP) is 1.50. The molecule has 2 aromatic rings. The van der Waals surface area contributed by atoms with E-state index in [0.29, 0.717) is 11.6 Å². The fraction of sp³-hybridized carbons (Fsp3) is 0.250. The van der Waals surface area contributed by atoms with E-state index >= 15 is 0 Å². The lowest BCUT2D eigenvalue weighted by atomic mass is 10.1. The Bertz CT molecular complexity index is 701. The maximum Gasteiger partial charge on any atom is 0.240 e. The predicted molar refractivity (Wildman–Crippen MR) is 88.6 cm³/mol. The van der Waals surface area contributed by atoms with Crippen molar-refractivity contribution in [2.24, 2.45) is 0 Å². The van der Waals surface area contributed by atoms with Crippen LogP contribution in [0.5, 0.6) is 0 Å². The minimum absolute atomic E-state index is 0.0447. The first kappa shape index (κ1) is 17.0. The molecular formula is C16H20ClN2O2S+. The lowest BCUT2D eigenvalue weighted by Crippen LogP contribution is -3.07. The van der Waals surface area contributed by atoms with Gasteiger partial charge in [0, 0.05) is 10.6 Å². The Morgan fingerprint density at radius 1 is 1.05 bits per heavy atom. The average molecular weight is 340 g/mol. The minimum Gasteiger partial charge on any atom is -0.333 e. The molecule has 1 atom stereocenters. The van der Waals surface area contributed by atoms with Gasteiger partial charge >= 0.3 is 0 Å². The lowest BCUT2D eigenvalue weighted by molar-refractivity contribution is -0.890. The Hall–Kier alpha value is -1.40. The Morgan fingerprint density at radius 2 is 1.64 bits per heavy atom. The summed E-state index contributed by atoms with van der Waals surface area (Å²) in [7, 11) is 0.481. The number of nitrogens with one attached hydrogen (secondary N) is 2. The zero-order chi connectivity index (χ0) is 16.2. The van der Waals surface area contributed by atoms with Gasteiger partial charge in [-0.2, -0.15) is 0 Å². The van der Waals surface area contributed by atoms with E-state index in [-0.39, 0.29) is 10.9 Å². The van der Waals surface area contributed by atoms with Crippen LogP contribution < -0.4 is 9.62 Å². The van der Waals surface area contributed by atoms with Crippen LogP contribution in [0.3, 0.4) is 0 Å². The molecule has 0 spiro atoms. The summed E-state index contributed by atoms with van der Waals surface area (Å²) < 4.78 is 27.4. The first-order valence-corrected chi connectivity index (χ1v) is 8.86. The first-order valence-electron chi connectivity index (χ1n) is 7.00. The van der Waals surface area contributed by atoms with Crippen LogP contribution in [0.1, 0.15) is 11.6 Å². The third-order valence-corrected chi connectivity index (χ3v) is 5.19. The molecule has 0 heterocycles. The quantitative estimate of drug-likeness (QED) is 0.838. The minimum atomic E-state index is -3.54. The Kier molecular flexibility index (Phi) is 5.58. The van der Waals surface area contributed by atoms with Crippen molar-refractivity contribution < 1.29 is 13.3 Å². The standard InChI is InChI=1S/C16H19ClN2O2S/c1-19(2)16(13-6-4-3-5-7-13)12-18-22(20,21)15-10-8-14(17)9-11-15/h3-11,16,18H,12H2,1-2H3/p+1/t16-/m1/s1. The number of hydrogen-bond donors (Lipinski definition) is 2. The fourth-order valence-electron chi connectivity index (χ4n) is 2.23. The van der Waals surface area contributed by atoms with Crippen molar-refractivity contribution in [2.45, 2.75) is 10.9 Å². The van der Waals surface area contributed by atoms with Gasteiger partial charge in [-0.1, -0.05) is 41.9 Å². The van der Waals surface area contributed by atoms with Gasteiger partial charge in [-0.05, 0) is 24.3 Å². The molecule has 2 rings (SSSR count). The van der Waals surface area contributed by atoms with Gasteiger partial charge in [0.25, 0.3) is 0 Å². The number of quaternary nitrogens is 1. The highest BCUT2D eigenvalue weighted by Gasteiger charge is 2.21. The van der Waals surface area contributed by atoms with Gasteiger partial charge in [-0.25, -0.2) is 13.1 Å². The van der Waals surface area contributed by atoms with Crippen LogP contribution in [0.15, 0.2) is 59.5 Å². The van der Waals surface area contributed by atoms with Gasteiger partial charge in [0.1, 0.15) is 6.04 Å². The number of benzene rings is 2. The monoisotopic (exact) mass is 339 g/mol. The molecule has 0 bridgehead atoms. The second-order valence-electron chi connectivity index (χ2n) is 5.35. The summed E-state index contributed by atoms with van der Waals surface area (Å²) in [5.74, 6) is 0. The molecule has 0 aliphatic heterocycles. The number of likely N-dealkylation sites (N-methyl/N-ethyl adjacent to an activating group) is 1. The van der Waals surface area contributed by atoms with Crippen LogP contribution in [-0.4, -0.2) is 29.1 Å². The molecule has 2 aromatic carbocycles. The summed E-state index contributed by atoms with van der Waals surface area (Å²) in [6.07, 6.45) is 0. The van der Waals surface area contributed by atoms with Gasteiger partial charge < -0.3 is 4.90 Å². The molecule has 118 valence electrons. The Morgan fingerprint density at radius 3 is 2.18 bits per heavy atom. The number of rotatable bonds is 6. The average Bonchev–Trinajstić information content (AvgIpc) is 2.48. The molecule has 0 aliphatic rings. The van der Waals surface area contributed by atoms with E-state index in [1.807, 2.05) is 44.4 Å². The van der Waals surface area contributed by atoms with E-state index in [2.05, 4.69) is 4.72 Å². The highest BCUT2D eigenvalue weighted by atomic mass is 35.5. The normalized spacial score (nSPS) is 13.3. The molecule has 2 N–H and O–H groups in total. The molecule has 0 saturated heterocycles. The van der Waals surface area contributed by atoms with Crippen LogP contribution in [0.2, 0.25) is 5.02 Å². The summed E-state index contributed by atoms with van der Waals surface area (Å²) in [6, 6.07) is 16.1. The van der Waals surface area contributed by atoms with Crippen molar-refractivity contribution in [3.05, 3.63) is 65.2 Å². The Labute approximate surface area is 136 Å². The summed E-state index contributed by atoms with van der Waals surface area (Å²) in [5, 5.41) is 0.513. The maximum absolute atomic E-state index is 12.3. The summed E-state index contributed by atoms with van der Waals surface area (Å²) in [6.45, 7) is 0.331. The molecule has 0 saturated carbocycles. The molecule has 0 radical (unpaired) electrons. The summed E-state index contributed by atoms with van der Waals surface area (Å²) in [5.41, 5.74) is 1.10. The van der Waals surface area contributed by atoms with E-state index in [4.69, 9.17) is 11.6 Å². The summed E-state index contributed by atoms with van der Waals surface area (Å²) >= 11 is 5.79. The van der Waals surface area contributed by atoms with E-state index in [0.717, 1.165) is 10.5 Å². The smallest absolute Gasteiger partial charge is 0.240 e. The van der Waals surface area contributed by atoms with Crippen LogP contribution in [0.25, 0.3) is 0 Å². The third kappa shape index (κ3) is 4.30. The van der Waals surface area contributed by atoms with Crippen LogP contribution >= 0.6 is 11.6 Å². The van der Waals surface area contributed by atoms with Gasteiger partial charge in [0.15, 0.2) is 0 Å². The molecule has 6 heteroatoms. The zero-order valence-corrected chi connectivity index (χ0v) is 14.2. The number of hydrogen-bond acceptors (Lipinski definition) is 2. The Balaban J connectivity index is 2.14. The first-order chi connectivity index (χ1) is 10.4. The maximum atomic E-state index is 12.3. The number of halogens is 1. The van der Waals surface area contributed by atoms with Crippen LogP contribution in [0.4, 0.5) is 0 Å². The lowest BCUT2D eigenvalue weighted by Gasteiger charge is -2.22. The molecule has 4 nitrogen and oxygen atoms in total. The topological polar surface area (TPSA) is 50.6 Å². The van der Waals surface area contributed by atoms with Crippen LogP contribution in [-0.2, 0) is 10.0 Å². The second-order valence-corrected chi connectivity index (χ2v) is 7.55. The SMILES string of the molecule is C[NH+](C)[C@H](CNS(=O)(=O)c1ccc(Cl)cc1)c1ccccc1. The van der Waals surface area contributed by atoms with Gasteiger partial charge in [-0.3, -0.25) is 0 Å². The van der Waals surface area contributed by atoms with E-state index in [1.165, 1.54) is 12.1 Å². The van der Waals surface area contributed by atoms with Crippen molar-refractivity contribution in [1.82, 2.24) is 4.72 Å². The van der Waals surface area contributed by atoms with Gasteiger partial charge in [0.05, 0.1) is 25.5 Å². The zero-order valence-electron chi connectivity index (χ0n) is 12.6. The molecular weight excluding hydrogens is 320 g/mol. The van der Waals surface area contributed by atoms with Crippen LogP contribution in [0, 0.1) is 0 Å².